The molecule has 0 saturated heterocycles. The molecule has 22 heavy (non-hydrogen) atoms. The Morgan fingerprint density at radius 3 is 2.59 bits per heavy atom. The molecule has 0 radical (unpaired) electrons. The Balaban J connectivity index is 1.77. The molecular formula is C18H16N2OS. The highest BCUT2D eigenvalue weighted by molar-refractivity contribution is 7.98. The lowest BCUT2D eigenvalue weighted by Crippen LogP contribution is -2.10. The summed E-state index contributed by atoms with van der Waals surface area (Å²) in [5.74, 6) is 0.412. The molecule has 0 bridgehead atoms. The molecule has 1 aromatic heterocycles. The number of carbonyl (C=O) groups excluding carboxylic acids is 1. The second-order valence-electron chi connectivity index (χ2n) is 5.14. The quantitative estimate of drug-likeness (QED) is 0.743. The van der Waals surface area contributed by atoms with Gasteiger partial charge in [-0.25, -0.2) is 4.98 Å². The van der Waals surface area contributed by atoms with E-state index in [9.17, 15) is 4.79 Å². The molecule has 0 aliphatic heterocycles. The fourth-order valence-corrected chi connectivity index (χ4v) is 3.25. The number of rotatable bonds is 4. The highest BCUT2D eigenvalue weighted by atomic mass is 32.2. The van der Waals surface area contributed by atoms with E-state index < -0.39 is 5.91 Å². The first kappa shape index (κ1) is 14.6. The van der Waals surface area contributed by atoms with Gasteiger partial charge in [-0.15, -0.1) is 11.8 Å². The van der Waals surface area contributed by atoms with E-state index in [2.05, 4.69) is 24.0 Å². The fraction of sp³-hybridized carbons (Fsp3) is 0.111. The molecule has 0 atom stereocenters. The van der Waals surface area contributed by atoms with Crippen molar-refractivity contribution in [3.63, 3.8) is 0 Å². The number of hydrogen-bond acceptors (Lipinski definition) is 3. The van der Waals surface area contributed by atoms with Gasteiger partial charge >= 0.3 is 0 Å². The average Bonchev–Trinajstić information content (AvgIpc) is 2.53. The van der Waals surface area contributed by atoms with Crippen molar-refractivity contribution < 1.29 is 4.79 Å². The van der Waals surface area contributed by atoms with Crippen LogP contribution < -0.4 is 5.73 Å². The van der Waals surface area contributed by atoms with Gasteiger partial charge < -0.3 is 5.73 Å². The van der Waals surface area contributed by atoms with Gasteiger partial charge in [-0.1, -0.05) is 30.3 Å². The van der Waals surface area contributed by atoms with Crippen LogP contribution in [0.1, 0.15) is 21.5 Å². The van der Waals surface area contributed by atoms with Gasteiger partial charge in [-0.05, 0) is 42.3 Å². The highest BCUT2D eigenvalue weighted by Gasteiger charge is 2.04. The summed E-state index contributed by atoms with van der Waals surface area (Å²) in [6.07, 6.45) is 0. The topological polar surface area (TPSA) is 56.0 Å². The van der Waals surface area contributed by atoms with E-state index in [1.54, 1.807) is 23.9 Å². The second kappa shape index (κ2) is 6.20. The number of benzene rings is 2. The minimum Gasteiger partial charge on any atom is -0.366 e. The van der Waals surface area contributed by atoms with Crippen molar-refractivity contribution in [2.24, 2.45) is 5.73 Å². The van der Waals surface area contributed by atoms with Crippen LogP contribution >= 0.6 is 11.8 Å². The van der Waals surface area contributed by atoms with Crippen molar-refractivity contribution in [1.29, 1.82) is 0 Å². The van der Waals surface area contributed by atoms with E-state index in [0.717, 1.165) is 21.9 Å². The molecular weight excluding hydrogens is 292 g/mol. The van der Waals surface area contributed by atoms with Gasteiger partial charge in [-0.3, -0.25) is 4.79 Å². The zero-order chi connectivity index (χ0) is 15.5. The van der Waals surface area contributed by atoms with Crippen molar-refractivity contribution in [2.45, 2.75) is 17.7 Å². The molecule has 2 aromatic carbocycles. The van der Waals surface area contributed by atoms with Crippen LogP contribution in [0, 0.1) is 6.92 Å². The fourth-order valence-electron chi connectivity index (χ4n) is 2.32. The third kappa shape index (κ3) is 3.12. The van der Waals surface area contributed by atoms with Gasteiger partial charge in [0.2, 0.25) is 5.91 Å². The number of fused-ring (bicyclic) bond motifs is 1. The van der Waals surface area contributed by atoms with E-state index in [-0.39, 0.29) is 0 Å². The van der Waals surface area contributed by atoms with E-state index in [0.29, 0.717) is 5.56 Å². The summed E-state index contributed by atoms with van der Waals surface area (Å²) >= 11 is 1.69. The smallest absolute Gasteiger partial charge is 0.248 e. The van der Waals surface area contributed by atoms with Gasteiger partial charge in [0, 0.05) is 16.7 Å². The minimum atomic E-state index is -0.397. The Bertz CT molecular complexity index is 828. The average molecular weight is 308 g/mol. The predicted octanol–water partition coefficient (Wildman–Crippen LogP) is 3.93. The van der Waals surface area contributed by atoms with Gasteiger partial charge in [0.25, 0.3) is 0 Å². The summed E-state index contributed by atoms with van der Waals surface area (Å²) in [4.78, 5) is 15.7. The Kier molecular flexibility index (Phi) is 4.11. The molecule has 0 unspecified atom stereocenters. The number of nitrogens with two attached hydrogens (primary N) is 1. The summed E-state index contributed by atoms with van der Waals surface area (Å²) in [6.45, 7) is 2.11. The highest BCUT2D eigenvalue weighted by Crippen LogP contribution is 2.26. The molecule has 0 fully saturated rings. The van der Waals surface area contributed by atoms with Crippen molar-refractivity contribution in [3.05, 3.63) is 71.3 Å². The van der Waals surface area contributed by atoms with Gasteiger partial charge in [-0.2, -0.15) is 0 Å². The number of pyridine rings is 1. The molecule has 0 saturated carbocycles. The Hall–Kier alpha value is -2.33. The summed E-state index contributed by atoms with van der Waals surface area (Å²) in [5, 5.41) is 2.20. The van der Waals surface area contributed by atoms with Gasteiger partial charge in [0.05, 0.1) is 10.5 Å². The summed E-state index contributed by atoms with van der Waals surface area (Å²) in [5.41, 5.74) is 9.18. The number of nitrogens with zero attached hydrogens (tertiary/aromatic N) is 1. The van der Waals surface area contributed by atoms with Crippen molar-refractivity contribution in [3.8, 4) is 0 Å². The molecule has 3 aromatic rings. The second-order valence-corrected chi connectivity index (χ2v) is 6.14. The maximum atomic E-state index is 11.1. The van der Waals surface area contributed by atoms with Gasteiger partial charge in [0.1, 0.15) is 0 Å². The van der Waals surface area contributed by atoms with Crippen LogP contribution in [-0.4, -0.2) is 10.9 Å². The molecule has 0 aliphatic carbocycles. The lowest BCUT2D eigenvalue weighted by molar-refractivity contribution is 0.100. The SMILES string of the molecule is Cc1cc(SCc2ccc(C(N)=O)cc2)nc2ccccc12. The number of aromatic nitrogens is 1. The molecule has 0 spiro atoms. The molecule has 110 valence electrons. The van der Waals surface area contributed by atoms with Crippen LogP contribution in [0.2, 0.25) is 0 Å². The van der Waals surface area contributed by atoms with Crippen LogP contribution in [0.25, 0.3) is 10.9 Å². The van der Waals surface area contributed by atoms with Crippen molar-refractivity contribution in [1.82, 2.24) is 4.98 Å². The molecule has 1 heterocycles. The Morgan fingerprint density at radius 2 is 1.86 bits per heavy atom. The number of primary amides is 1. The van der Waals surface area contributed by atoms with Crippen LogP contribution in [0.5, 0.6) is 0 Å². The lowest BCUT2D eigenvalue weighted by atomic mass is 10.1. The maximum absolute atomic E-state index is 11.1. The van der Waals surface area contributed by atoms with Crippen LogP contribution in [0.15, 0.2) is 59.6 Å². The third-order valence-electron chi connectivity index (χ3n) is 3.52. The van der Waals surface area contributed by atoms with Crippen LogP contribution in [-0.2, 0) is 5.75 Å². The molecule has 1 amide bonds. The number of para-hydroxylation sites is 1. The van der Waals surface area contributed by atoms with E-state index in [1.165, 1.54) is 10.9 Å². The number of aryl methyl sites for hydroxylation is 1. The normalized spacial score (nSPS) is 10.8. The summed E-state index contributed by atoms with van der Waals surface area (Å²) < 4.78 is 0. The Morgan fingerprint density at radius 1 is 1.14 bits per heavy atom. The first-order chi connectivity index (χ1) is 10.6. The van der Waals surface area contributed by atoms with Gasteiger partial charge in [0.15, 0.2) is 0 Å². The number of hydrogen-bond donors (Lipinski definition) is 1. The molecule has 2 N–H and O–H groups in total. The molecule has 0 aliphatic rings. The van der Waals surface area contributed by atoms with E-state index in [1.807, 2.05) is 30.3 Å². The molecule has 4 heteroatoms. The van der Waals surface area contributed by atoms with Crippen molar-refractivity contribution in [2.75, 3.05) is 0 Å². The monoisotopic (exact) mass is 308 g/mol. The summed E-state index contributed by atoms with van der Waals surface area (Å²) in [7, 11) is 0. The summed E-state index contributed by atoms with van der Waals surface area (Å²) in [6, 6.07) is 17.7. The number of thioether (sulfide) groups is 1. The molecule has 3 nitrogen and oxygen atoms in total. The van der Waals surface area contributed by atoms with E-state index in [4.69, 9.17) is 5.73 Å². The maximum Gasteiger partial charge on any atom is 0.248 e. The van der Waals surface area contributed by atoms with E-state index >= 15 is 0 Å². The van der Waals surface area contributed by atoms with Crippen LogP contribution in [0.3, 0.4) is 0 Å². The first-order valence-electron chi connectivity index (χ1n) is 7.01. The predicted molar refractivity (Wildman–Crippen MR) is 91.0 cm³/mol. The lowest BCUT2D eigenvalue weighted by Gasteiger charge is -2.06. The molecule has 3 rings (SSSR count). The van der Waals surface area contributed by atoms with Crippen molar-refractivity contribution >= 4 is 28.6 Å². The minimum absolute atomic E-state index is 0.397. The standard InChI is InChI=1S/C18H16N2OS/c1-12-10-17(20-16-5-3-2-4-15(12)16)22-11-13-6-8-14(9-7-13)18(19)21/h2-10H,11H2,1H3,(H2,19,21). The van der Waals surface area contributed by atoms with Crippen LogP contribution in [0.4, 0.5) is 0 Å². The largest absolute Gasteiger partial charge is 0.366 e. The zero-order valence-electron chi connectivity index (χ0n) is 12.2. The number of carbonyl (C=O) groups is 1. The third-order valence-corrected chi connectivity index (χ3v) is 4.51. The Labute approximate surface area is 133 Å². The first-order valence-corrected chi connectivity index (χ1v) is 8.00. The number of amides is 1. The zero-order valence-corrected chi connectivity index (χ0v) is 13.1.